The van der Waals surface area contributed by atoms with E-state index in [1.807, 2.05) is 0 Å². The molecule has 1 rings (SSSR count). The molecule has 1 aliphatic heterocycles. The van der Waals surface area contributed by atoms with Gasteiger partial charge in [-0.3, -0.25) is 0 Å². The lowest BCUT2D eigenvalue weighted by atomic mass is 10.2. The van der Waals surface area contributed by atoms with E-state index in [2.05, 4.69) is 19.6 Å². The topological polar surface area (TPSA) is 36.9 Å². The maximum Gasteiger partial charge on any atom is 0.183 e. The molecule has 1 unspecified atom stereocenters. The maximum atomic E-state index is 5.67. The molecule has 102 valence electrons. The third-order valence-electron chi connectivity index (χ3n) is 2.43. The molecule has 0 aliphatic carbocycles. The molecule has 0 radical (unpaired) electrons. The molecule has 0 aromatic heterocycles. The van der Waals surface area contributed by atoms with Gasteiger partial charge in [0.15, 0.2) is 14.6 Å². The molecule has 0 spiro atoms. The fourth-order valence-corrected chi connectivity index (χ4v) is 2.29. The van der Waals surface area contributed by atoms with Gasteiger partial charge in [-0.15, -0.1) is 0 Å². The number of ether oxygens (including phenoxy) is 3. The molecule has 1 saturated heterocycles. The fraction of sp³-hybridized carbons (Fsp3) is 1.00. The largest absolute Gasteiger partial charge is 0.415 e. The number of hydrogen-bond acceptors (Lipinski definition) is 4. The monoisotopic (exact) mass is 262 g/mol. The van der Waals surface area contributed by atoms with Crippen LogP contribution in [-0.2, 0) is 18.6 Å². The molecule has 1 atom stereocenters. The van der Waals surface area contributed by atoms with Crippen LogP contribution in [0.2, 0.25) is 19.6 Å². The summed E-state index contributed by atoms with van der Waals surface area (Å²) in [6, 6.07) is 0. The van der Waals surface area contributed by atoms with Gasteiger partial charge in [0.1, 0.15) is 0 Å². The second-order valence-electron chi connectivity index (χ2n) is 5.24. The van der Waals surface area contributed by atoms with Crippen LogP contribution in [0.25, 0.3) is 0 Å². The summed E-state index contributed by atoms with van der Waals surface area (Å²) in [7, 11) is -1.38. The molecule has 0 saturated carbocycles. The molecular weight excluding hydrogens is 236 g/mol. The molecule has 0 aromatic carbocycles. The number of hydrogen-bond donors (Lipinski definition) is 0. The van der Waals surface area contributed by atoms with E-state index in [9.17, 15) is 0 Å². The van der Waals surface area contributed by atoms with Gasteiger partial charge in [-0.1, -0.05) is 0 Å². The van der Waals surface area contributed by atoms with Gasteiger partial charge in [0, 0.05) is 6.61 Å². The lowest BCUT2D eigenvalue weighted by molar-refractivity contribution is -0.169. The average Bonchev–Trinajstić information content (AvgIpc) is 2.28. The highest BCUT2D eigenvalue weighted by Crippen LogP contribution is 2.13. The fourth-order valence-electron chi connectivity index (χ4n) is 1.59. The standard InChI is InChI=1S/C12H26O4Si/c1-17(2,3)16-11-9-13-8-10-15-12-6-4-5-7-14-12/h12H,4-11H2,1-3H3. The van der Waals surface area contributed by atoms with Gasteiger partial charge in [-0.25, -0.2) is 0 Å². The van der Waals surface area contributed by atoms with E-state index in [0.717, 1.165) is 19.4 Å². The molecule has 1 heterocycles. The predicted octanol–water partition coefficient (Wildman–Crippen LogP) is 2.40. The SMILES string of the molecule is C[Si](C)(C)OCCOCCOC1CCCCO1. The summed E-state index contributed by atoms with van der Waals surface area (Å²) in [4.78, 5) is 0. The van der Waals surface area contributed by atoms with Crippen LogP contribution in [0, 0.1) is 0 Å². The van der Waals surface area contributed by atoms with Crippen molar-refractivity contribution in [1.29, 1.82) is 0 Å². The van der Waals surface area contributed by atoms with Crippen molar-refractivity contribution in [3.63, 3.8) is 0 Å². The zero-order valence-corrected chi connectivity index (χ0v) is 12.4. The molecule has 1 aliphatic rings. The van der Waals surface area contributed by atoms with Crippen molar-refractivity contribution in [2.75, 3.05) is 33.0 Å². The van der Waals surface area contributed by atoms with Crippen molar-refractivity contribution in [1.82, 2.24) is 0 Å². The molecule has 0 bridgehead atoms. The Morgan fingerprint density at radius 2 is 1.82 bits per heavy atom. The van der Waals surface area contributed by atoms with Gasteiger partial charge in [-0.05, 0) is 38.9 Å². The van der Waals surface area contributed by atoms with Crippen LogP contribution in [-0.4, -0.2) is 47.6 Å². The normalized spacial score (nSPS) is 21.7. The Bertz CT molecular complexity index is 187. The van der Waals surface area contributed by atoms with E-state index in [1.165, 1.54) is 6.42 Å². The van der Waals surface area contributed by atoms with Crippen LogP contribution in [0.1, 0.15) is 19.3 Å². The molecular formula is C12H26O4Si. The Hall–Kier alpha value is 0.0569. The Balaban J connectivity index is 1.84. The van der Waals surface area contributed by atoms with E-state index in [4.69, 9.17) is 18.6 Å². The summed E-state index contributed by atoms with van der Waals surface area (Å²) in [5.41, 5.74) is 0. The Labute approximate surface area is 106 Å². The first kappa shape index (κ1) is 15.1. The summed E-state index contributed by atoms with van der Waals surface area (Å²) < 4.78 is 22.1. The van der Waals surface area contributed by atoms with Crippen LogP contribution in [0.3, 0.4) is 0 Å². The van der Waals surface area contributed by atoms with Crippen molar-refractivity contribution >= 4 is 8.32 Å². The first-order valence-electron chi connectivity index (χ1n) is 6.53. The van der Waals surface area contributed by atoms with Crippen molar-refractivity contribution in [3.05, 3.63) is 0 Å². The quantitative estimate of drug-likeness (QED) is 0.497. The molecule has 4 nitrogen and oxygen atoms in total. The molecule has 5 heteroatoms. The van der Waals surface area contributed by atoms with Gasteiger partial charge < -0.3 is 18.6 Å². The van der Waals surface area contributed by atoms with Crippen molar-refractivity contribution < 1.29 is 18.6 Å². The minimum atomic E-state index is -1.38. The smallest absolute Gasteiger partial charge is 0.183 e. The van der Waals surface area contributed by atoms with Gasteiger partial charge in [0.05, 0.1) is 26.4 Å². The van der Waals surface area contributed by atoms with Crippen LogP contribution >= 0.6 is 0 Å². The van der Waals surface area contributed by atoms with Gasteiger partial charge in [0.25, 0.3) is 0 Å². The zero-order chi connectivity index (χ0) is 12.6. The highest BCUT2D eigenvalue weighted by Gasteiger charge is 2.14. The van der Waals surface area contributed by atoms with Gasteiger partial charge in [0.2, 0.25) is 0 Å². The lowest BCUT2D eigenvalue weighted by Gasteiger charge is -2.22. The zero-order valence-electron chi connectivity index (χ0n) is 11.4. The number of rotatable bonds is 8. The van der Waals surface area contributed by atoms with E-state index in [0.29, 0.717) is 26.4 Å². The molecule has 1 fully saturated rings. The van der Waals surface area contributed by atoms with E-state index < -0.39 is 8.32 Å². The van der Waals surface area contributed by atoms with Crippen LogP contribution in [0.5, 0.6) is 0 Å². The summed E-state index contributed by atoms with van der Waals surface area (Å²) >= 11 is 0. The Morgan fingerprint density at radius 3 is 2.47 bits per heavy atom. The summed E-state index contributed by atoms with van der Waals surface area (Å²) in [6.45, 7) is 9.93. The molecule has 0 aromatic rings. The maximum absolute atomic E-state index is 5.67. The summed E-state index contributed by atoms with van der Waals surface area (Å²) in [6.07, 6.45) is 3.36. The van der Waals surface area contributed by atoms with E-state index in [1.54, 1.807) is 0 Å². The first-order chi connectivity index (χ1) is 8.08. The van der Waals surface area contributed by atoms with Crippen LogP contribution in [0.4, 0.5) is 0 Å². The summed E-state index contributed by atoms with van der Waals surface area (Å²) in [5.74, 6) is 0. The molecule has 0 amide bonds. The third kappa shape index (κ3) is 8.74. The van der Waals surface area contributed by atoms with Crippen LogP contribution in [0.15, 0.2) is 0 Å². The Morgan fingerprint density at radius 1 is 1.06 bits per heavy atom. The van der Waals surface area contributed by atoms with E-state index >= 15 is 0 Å². The minimum Gasteiger partial charge on any atom is -0.415 e. The molecule has 17 heavy (non-hydrogen) atoms. The highest BCUT2D eigenvalue weighted by molar-refractivity contribution is 6.69. The first-order valence-corrected chi connectivity index (χ1v) is 9.94. The second kappa shape index (κ2) is 8.21. The highest BCUT2D eigenvalue weighted by atomic mass is 28.4. The molecule has 0 N–H and O–H groups in total. The van der Waals surface area contributed by atoms with E-state index in [-0.39, 0.29) is 6.29 Å². The summed E-state index contributed by atoms with van der Waals surface area (Å²) in [5, 5.41) is 0. The van der Waals surface area contributed by atoms with Crippen molar-refractivity contribution in [3.8, 4) is 0 Å². The van der Waals surface area contributed by atoms with Crippen molar-refractivity contribution in [2.45, 2.75) is 45.2 Å². The average molecular weight is 262 g/mol. The van der Waals surface area contributed by atoms with Gasteiger partial charge >= 0.3 is 0 Å². The van der Waals surface area contributed by atoms with Crippen LogP contribution < -0.4 is 0 Å². The third-order valence-corrected chi connectivity index (χ3v) is 3.50. The second-order valence-corrected chi connectivity index (χ2v) is 9.75. The predicted molar refractivity (Wildman–Crippen MR) is 69.7 cm³/mol. The lowest BCUT2D eigenvalue weighted by Crippen LogP contribution is -2.28. The minimum absolute atomic E-state index is 0.00872. The van der Waals surface area contributed by atoms with Gasteiger partial charge in [-0.2, -0.15) is 0 Å². The van der Waals surface area contributed by atoms with Crippen molar-refractivity contribution in [2.24, 2.45) is 0 Å². The Kier molecular flexibility index (Phi) is 7.30.